The number of carbonyl (C=O) groups excluding carboxylic acids is 1. The smallest absolute Gasteiger partial charge is 0.254 e. The third-order valence-electron chi connectivity index (χ3n) is 2.95. The van der Waals surface area contributed by atoms with Crippen molar-refractivity contribution >= 4 is 11.6 Å². The standard InChI is InChI=1S/C13H18N2O3/c1-2-9-3-4-11(16)10(7-9)15-13(17)12-8-14-5-6-18-12/h3-4,7,12,14,16H,2,5-6,8H2,1H3,(H,15,17). The molecule has 2 rings (SSSR count). The molecule has 0 aliphatic carbocycles. The zero-order valence-corrected chi connectivity index (χ0v) is 10.4. The van der Waals surface area contributed by atoms with E-state index >= 15 is 0 Å². The second-order valence-electron chi connectivity index (χ2n) is 4.26. The monoisotopic (exact) mass is 250 g/mol. The van der Waals surface area contributed by atoms with E-state index in [0.29, 0.717) is 18.8 Å². The molecule has 98 valence electrons. The third-order valence-corrected chi connectivity index (χ3v) is 2.95. The maximum absolute atomic E-state index is 11.9. The van der Waals surface area contributed by atoms with Crippen molar-refractivity contribution in [2.45, 2.75) is 19.4 Å². The molecule has 0 saturated carbocycles. The van der Waals surface area contributed by atoms with Crippen LogP contribution < -0.4 is 10.6 Å². The summed E-state index contributed by atoms with van der Waals surface area (Å²) in [7, 11) is 0. The quantitative estimate of drug-likeness (QED) is 0.696. The lowest BCUT2D eigenvalue weighted by atomic mass is 10.1. The lowest BCUT2D eigenvalue weighted by Crippen LogP contribution is -2.45. The number of phenolic OH excluding ortho intramolecular Hbond substituents is 1. The average molecular weight is 250 g/mol. The molecule has 3 N–H and O–H groups in total. The van der Waals surface area contributed by atoms with E-state index < -0.39 is 6.10 Å². The van der Waals surface area contributed by atoms with Crippen molar-refractivity contribution in [2.24, 2.45) is 0 Å². The van der Waals surface area contributed by atoms with Crippen molar-refractivity contribution in [3.8, 4) is 5.75 Å². The van der Waals surface area contributed by atoms with Gasteiger partial charge in [0.2, 0.25) is 0 Å². The van der Waals surface area contributed by atoms with Gasteiger partial charge in [0.1, 0.15) is 11.9 Å². The molecular formula is C13H18N2O3. The molecule has 1 aliphatic rings. The van der Waals surface area contributed by atoms with Crippen LogP contribution in [-0.4, -0.2) is 36.8 Å². The predicted octanol–water partition coefficient (Wildman–Crippen LogP) is 0.881. The van der Waals surface area contributed by atoms with E-state index in [1.165, 1.54) is 0 Å². The van der Waals surface area contributed by atoms with Crippen molar-refractivity contribution in [3.63, 3.8) is 0 Å². The molecule has 1 aromatic carbocycles. The molecule has 1 fully saturated rings. The maximum atomic E-state index is 11.9. The summed E-state index contributed by atoms with van der Waals surface area (Å²) in [5, 5.41) is 15.5. The molecule has 1 aromatic rings. The van der Waals surface area contributed by atoms with E-state index in [4.69, 9.17) is 4.74 Å². The number of nitrogens with one attached hydrogen (secondary N) is 2. The Kier molecular flexibility index (Phi) is 4.17. The Hall–Kier alpha value is -1.59. The minimum absolute atomic E-state index is 0.0734. The topological polar surface area (TPSA) is 70.6 Å². The minimum atomic E-state index is -0.497. The van der Waals surface area contributed by atoms with Crippen LogP contribution in [0.25, 0.3) is 0 Å². The largest absolute Gasteiger partial charge is 0.506 e. The molecule has 0 aromatic heterocycles. The highest BCUT2D eigenvalue weighted by molar-refractivity contribution is 5.95. The summed E-state index contributed by atoms with van der Waals surface area (Å²) in [5.74, 6) is -0.157. The normalized spacial score (nSPS) is 19.5. The molecule has 1 aliphatic heterocycles. The van der Waals surface area contributed by atoms with Crippen LogP contribution in [0.5, 0.6) is 5.75 Å². The van der Waals surface area contributed by atoms with Crippen LogP contribution in [0, 0.1) is 0 Å². The fourth-order valence-electron chi connectivity index (χ4n) is 1.85. The van der Waals surface area contributed by atoms with Crippen LogP contribution >= 0.6 is 0 Å². The highest BCUT2D eigenvalue weighted by Crippen LogP contribution is 2.24. The van der Waals surface area contributed by atoms with Gasteiger partial charge in [-0.1, -0.05) is 13.0 Å². The van der Waals surface area contributed by atoms with Crippen LogP contribution in [0.2, 0.25) is 0 Å². The first-order valence-electron chi connectivity index (χ1n) is 6.15. The number of phenols is 1. The van der Waals surface area contributed by atoms with Gasteiger partial charge in [0.15, 0.2) is 0 Å². The number of benzene rings is 1. The van der Waals surface area contributed by atoms with Crippen LogP contribution in [0.4, 0.5) is 5.69 Å². The molecule has 0 bridgehead atoms. The molecular weight excluding hydrogens is 232 g/mol. The summed E-state index contributed by atoms with van der Waals surface area (Å²) < 4.78 is 5.35. The second-order valence-corrected chi connectivity index (χ2v) is 4.26. The zero-order chi connectivity index (χ0) is 13.0. The van der Waals surface area contributed by atoms with E-state index in [-0.39, 0.29) is 11.7 Å². The van der Waals surface area contributed by atoms with Gasteiger partial charge in [0.25, 0.3) is 5.91 Å². The van der Waals surface area contributed by atoms with Crippen molar-refractivity contribution in [1.29, 1.82) is 0 Å². The van der Waals surface area contributed by atoms with Crippen molar-refractivity contribution < 1.29 is 14.6 Å². The molecule has 1 saturated heterocycles. The highest BCUT2D eigenvalue weighted by Gasteiger charge is 2.22. The van der Waals surface area contributed by atoms with Gasteiger partial charge in [-0.2, -0.15) is 0 Å². The number of morpholine rings is 1. The van der Waals surface area contributed by atoms with Gasteiger partial charge in [-0.05, 0) is 24.1 Å². The van der Waals surface area contributed by atoms with Gasteiger partial charge in [-0.3, -0.25) is 4.79 Å². The van der Waals surface area contributed by atoms with E-state index in [0.717, 1.165) is 18.5 Å². The first-order chi connectivity index (χ1) is 8.70. The Labute approximate surface area is 106 Å². The SMILES string of the molecule is CCc1ccc(O)c(NC(=O)C2CNCCO2)c1. The summed E-state index contributed by atoms with van der Waals surface area (Å²) in [5.41, 5.74) is 1.50. The van der Waals surface area contributed by atoms with E-state index in [1.54, 1.807) is 12.1 Å². The summed E-state index contributed by atoms with van der Waals surface area (Å²) in [6, 6.07) is 5.21. The van der Waals surface area contributed by atoms with Crippen molar-refractivity contribution in [1.82, 2.24) is 5.32 Å². The average Bonchev–Trinajstić information content (AvgIpc) is 2.42. The molecule has 0 spiro atoms. The number of aromatic hydroxyl groups is 1. The Bertz CT molecular complexity index is 428. The molecule has 1 amide bonds. The number of anilines is 1. The molecule has 1 heterocycles. The predicted molar refractivity (Wildman–Crippen MR) is 68.7 cm³/mol. The van der Waals surface area contributed by atoms with Gasteiger partial charge >= 0.3 is 0 Å². The second kappa shape index (κ2) is 5.84. The fourth-order valence-corrected chi connectivity index (χ4v) is 1.85. The summed E-state index contributed by atoms with van der Waals surface area (Å²) in [6.07, 6.45) is 0.355. The van der Waals surface area contributed by atoms with Crippen molar-refractivity contribution in [2.75, 3.05) is 25.0 Å². The van der Waals surface area contributed by atoms with E-state index in [9.17, 15) is 9.90 Å². The lowest BCUT2D eigenvalue weighted by molar-refractivity contribution is -0.128. The Morgan fingerprint density at radius 1 is 1.61 bits per heavy atom. The van der Waals surface area contributed by atoms with Gasteiger partial charge < -0.3 is 20.5 Å². The Morgan fingerprint density at radius 3 is 3.11 bits per heavy atom. The molecule has 5 nitrogen and oxygen atoms in total. The number of hydrogen-bond donors (Lipinski definition) is 3. The van der Waals surface area contributed by atoms with E-state index in [1.807, 2.05) is 13.0 Å². The summed E-state index contributed by atoms with van der Waals surface area (Å²) in [4.78, 5) is 11.9. The number of rotatable bonds is 3. The van der Waals surface area contributed by atoms with Gasteiger partial charge in [0.05, 0.1) is 12.3 Å². The molecule has 1 atom stereocenters. The number of carbonyl (C=O) groups is 1. The number of hydrogen-bond acceptors (Lipinski definition) is 4. The Morgan fingerprint density at radius 2 is 2.44 bits per heavy atom. The third kappa shape index (κ3) is 3.00. The zero-order valence-electron chi connectivity index (χ0n) is 10.4. The summed E-state index contributed by atoms with van der Waals surface area (Å²) in [6.45, 7) is 3.81. The van der Waals surface area contributed by atoms with Crippen LogP contribution in [-0.2, 0) is 16.0 Å². The number of amides is 1. The van der Waals surface area contributed by atoms with Crippen LogP contribution in [0.15, 0.2) is 18.2 Å². The first kappa shape index (κ1) is 12.9. The molecule has 5 heteroatoms. The molecule has 0 radical (unpaired) electrons. The number of aryl methyl sites for hydroxylation is 1. The minimum Gasteiger partial charge on any atom is -0.506 e. The van der Waals surface area contributed by atoms with Gasteiger partial charge in [0, 0.05) is 13.1 Å². The van der Waals surface area contributed by atoms with E-state index in [2.05, 4.69) is 10.6 Å². The first-order valence-corrected chi connectivity index (χ1v) is 6.15. The molecule has 1 unspecified atom stereocenters. The van der Waals surface area contributed by atoms with Gasteiger partial charge in [-0.25, -0.2) is 0 Å². The van der Waals surface area contributed by atoms with Crippen LogP contribution in [0.1, 0.15) is 12.5 Å². The summed E-state index contributed by atoms with van der Waals surface area (Å²) >= 11 is 0. The lowest BCUT2D eigenvalue weighted by Gasteiger charge is -2.23. The number of ether oxygens (including phenoxy) is 1. The molecule has 18 heavy (non-hydrogen) atoms. The fraction of sp³-hybridized carbons (Fsp3) is 0.462. The van der Waals surface area contributed by atoms with Gasteiger partial charge in [-0.15, -0.1) is 0 Å². The van der Waals surface area contributed by atoms with Crippen LogP contribution in [0.3, 0.4) is 0 Å². The van der Waals surface area contributed by atoms with Crippen molar-refractivity contribution in [3.05, 3.63) is 23.8 Å². The highest BCUT2D eigenvalue weighted by atomic mass is 16.5. The maximum Gasteiger partial charge on any atom is 0.254 e. The Balaban J connectivity index is 2.05.